The van der Waals surface area contributed by atoms with Gasteiger partial charge in [0.1, 0.15) is 0 Å². The first-order valence-electron chi connectivity index (χ1n) is 5.82. The number of halogens is 1. The zero-order valence-electron chi connectivity index (χ0n) is 10.8. The molecule has 0 fully saturated rings. The lowest BCUT2D eigenvalue weighted by molar-refractivity contribution is 0.452. The second kappa shape index (κ2) is 5.13. The SMILES string of the molecule is CC(C)(C)NCC#Cc1c[nH]c2cncc(Br)c12. The van der Waals surface area contributed by atoms with Crippen molar-refractivity contribution in [2.24, 2.45) is 0 Å². The van der Waals surface area contributed by atoms with Crippen molar-refractivity contribution in [2.75, 3.05) is 6.54 Å². The molecule has 0 saturated carbocycles. The molecule has 2 rings (SSSR count). The first-order chi connectivity index (χ1) is 8.47. The van der Waals surface area contributed by atoms with Crippen LogP contribution in [-0.2, 0) is 0 Å². The van der Waals surface area contributed by atoms with Gasteiger partial charge in [0.05, 0.1) is 23.8 Å². The Labute approximate surface area is 116 Å². The molecule has 0 aliphatic carbocycles. The minimum absolute atomic E-state index is 0.0966. The fraction of sp³-hybridized carbons (Fsp3) is 0.357. The molecule has 0 aromatic carbocycles. The van der Waals surface area contributed by atoms with E-state index in [4.69, 9.17) is 0 Å². The molecule has 18 heavy (non-hydrogen) atoms. The van der Waals surface area contributed by atoms with Gasteiger partial charge in [-0.1, -0.05) is 11.8 Å². The van der Waals surface area contributed by atoms with Crippen molar-refractivity contribution in [3.8, 4) is 11.8 Å². The molecule has 2 aromatic rings. The second-order valence-electron chi connectivity index (χ2n) is 5.15. The molecule has 0 aliphatic heterocycles. The van der Waals surface area contributed by atoms with Gasteiger partial charge in [-0.3, -0.25) is 4.98 Å². The number of hydrogen-bond donors (Lipinski definition) is 2. The van der Waals surface area contributed by atoms with E-state index in [-0.39, 0.29) is 5.54 Å². The fourth-order valence-corrected chi connectivity index (χ4v) is 2.13. The fourth-order valence-electron chi connectivity index (χ4n) is 1.59. The van der Waals surface area contributed by atoms with Crippen molar-refractivity contribution < 1.29 is 0 Å². The molecule has 94 valence electrons. The summed E-state index contributed by atoms with van der Waals surface area (Å²) in [4.78, 5) is 7.29. The predicted molar refractivity (Wildman–Crippen MR) is 78.4 cm³/mol. The molecule has 2 N–H and O–H groups in total. The molecule has 4 heteroatoms. The standard InChI is InChI=1S/C14H16BrN3/c1-14(2,3)18-6-4-5-10-7-17-12-9-16-8-11(15)13(10)12/h7-9,17-18H,6H2,1-3H3. The number of rotatable bonds is 1. The Hall–Kier alpha value is -1.31. The molecule has 0 bridgehead atoms. The van der Waals surface area contributed by atoms with Gasteiger partial charge in [-0.25, -0.2) is 0 Å². The minimum atomic E-state index is 0.0966. The van der Waals surface area contributed by atoms with E-state index in [0.29, 0.717) is 6.54 Å². The maximum absolute atomic E-state index is 4.12. The number of fused-ring (bicyclic) bond motifs is 1. The van der Waals surface area contributed by atoms with Crippen LogP contribution in [0.5, 0.6) is 0 Å². The maximum Gasteiger partial charge on any atom is 0.0664 e. The molecule has 0 aliphatic rings. The third-order valence-electron chi connectivity index (χ3n) is 2.47. The average molecular weight is 306 g/mol. The van der Waals surface area contributed by atoms with Crippen molar-refractivity contribution in [3.63, 3.8) is 0 Å². The Balaban J connectivity index is 2.20. The van der Waals surface area contributed by atoms with Crippen LogP contribution in [0.15, 0.2) is 23.1 Å². The van der Waals surface area contributed by atoms with Crippen LogP contribution >= 0.6 is 15.9 Å². The highest BCUT2D eigenvalue weighted by atomic mass is 79.9. The van der Waals surface area contributed by atoms with Crippen molar-refractivity contribution in [3.05, 3.63) is 28.6 Å². The van der Waals surface area contributed by atoms with Crippen LogP contribution in [-0.4, -0.2) is 22.1 Å². The Morgan fingerprint density at radius 2 is 2.17 bits per heavy atom. The molecule has 0 atom stereocenters. The number of pyridine rings is 1. The van der Waals surface area contributed by atoms with Gasteiger partial charge >= 0.3 is 0 Å². The van der Waals surface area contributed by atoms with E-state index in [1.54, 1.807) is 12.4 Å². The Morgan fingerprint density at radius 1 is 1.39 bits per heavy atom. The molecular weight excluding hydrogens is 290 g/mol. The van der Waals surface area contributed by atoms with Crippen molar-refractivity contribution in [2.45, 2.75) is 26.3 Å². The molecule has 0 saturated heterocycles. The van der Waals surface area contributed by atoms with Gasteiger partial charge in [-0.2, -0.15) is 0 Å². The molecule has 2 heterocycles. The zero-order chi connectivity index (χ0) is 13.2. The van der Waals surface area contributed by atoms with Crippen LogP contribution < -0.4 is 5.32 Å². The molecule has 2 aromatic heterocycles. The van der Waals surface area contributed by atoms with E-state index < -0.39 is 0 Å². The first kappa shape index (κ1) is 13.1. The lowest BCUT2D eigenvalue weighted by atomic mass is 10.1. The van der Waals surface area contributed by atoms with Crippen LogP contribution in [0, 0.1) is 11.8 Å². The molecular formula is C14H16BrN3. The summed E-state index contributed by atoms with van der Waals surface area (Å²) in [5.74, 6) is 6.32. The highest BCUT2D eigenvalue weighted by molar-refractivity contribution is 9.10. The largest absolute Gasteiger partial charge is 0.359 e. The number of aromatic amines is 1. The Morgan fingerprint density at radius 3 is 2.89 bits per heavy atom. The quantitative estimate of drug-likeness (QED) is 0.795. The highest BCUT2D eigenvalue weighted by Gasteiger charge is 2.07. The van der Waals surface area contributed by atoms with Crippen LogP contribution in [0.2, 0.25) is 0 Å². The molecule has 3 nitrogen and oxygen atoms in total. The van der Waals surface area contributed by atoms with E-state index in [1.807, 2.05) is 6.20 Å². The summed E-state index contributed by atoms with van der Waals surface area (Å²) in [7, 11) is 0. The summed E-state index contributed by atoms with van der Waals surface area (Å²) in [6.45, 7) is 7.06. The lowest BCUT2D eigenvalue weighted by Crippen LogP contribution is -2.35. The third-order valence-corrected chi connectivity index (χ3v) is 3.07. The topological polar surface area (TPSA) is 40.7 Å². The van der Waals surface area contributed by atoms with Gasteiger partial charge in [0.15, 0.2) is 0 Å². The lowest BCUT2D eigenvalue weighted by Gasteiger charge is -2.18. The van der Waals surface area contributed by atoms with Crippen molar-refractivity contribution in [1.82, 2.24) is 15.3 Å². The Kier molecular flexibility index (Phi) is 3.74. The van der Waals surface area contributed by atoms with Gasteiger partial charge < -0.3 is 10.3 Å². The number of H-pyrrole nitrogens is 1. The predicted octanol–water partition coefficient (Wildman–Crippen LogP) is 3.07. The van der Waals surface area contributed by atoms with E-state index >= 15 is 0 Å². The summed E-state index contributed by atoms with van der Waals surface area (Å²) < 4.78 is 0.967. The molecule has 0 unspecified atom stereocenters. The third kappa shape index (κ3) is 3.12. The van der Waals surface area contributed by atoms with Gasteiger partial charge in [0, 0.05) is 27.8 Å². The summed E-state index contributed by atoms with van der Waals surface area (Å²) in [5, 5.41) is 4.43. The monoisotopic (exact) mass is 305 g/mol. The normalized spacial score (nSPS) is 11.3. The molecule has 0 spiro atoms. The average Bonchev–Trinajstić information content (AvgIpc) is 2.68. The van der Waals surface area contributed by atoms with Crippen LogP contribution in [0.1, 0.15) is 26.3 Å². The second-order valence-corrected chi connectivity index (χ2v) is 6.01. The Bertz CT molecular complexity index is 611. The number of aromatic nitrogens is 2. The van der Waals surface area contributed by atoms with Crippen LogP contribution in [0.25, 0.3) is 10.9 Å². The van der Waals surface area contributed by atoms with E-state index in [0.717, 1.165) is 20.9 Å². The minimum Gasteiger partial charge on any atom is -0.359 e. The summed E-state index contributed by atoms with van der Waals surface area (Å²) >= 11 is 3.50. The highest BCUT2D eigenvalue weighted by Crippen LogP contribution is 2.24. The summed E-state index contributed by atoms with van der Waals surface area (Å²) in [6, 6.07) is 0. The van der Waals surface area contributed by atoms with Gasteiger partial charge in [-0.15, -0.1) is 0 Å². The van der Waals surface area contributed by atoms with E-state index in [1.165, 1.54) is 0 Å². The van der Waals surface area contributed by atoms with Gasteiger partial charge in [-0.05, 0) is 36.7 Å². The molecule has 0 radical (unpaired) electrons. The number of hydrogen-bond acceptors (Lipinski definition) is 2. The number of nitrogens with zero attached hydrogens (tertiary/aromatic N) is 1. The van der Waals surface area contributed by atoms with Crippen LogP contribution in [0.3, 0.4) is 0 Å². The summed E-state index contributed by atoms with van der Waals surface area (Å²) in [5.41, 5.74) is 2.09. The number of nitrogens with one attached hydrogen (secondary N) is 2. The van der Waals surface area contributed by atoms with E-state index in [9.17, 15) is 0 Å². The maximum atomic E-state index is 4.12. The smallest absolute Gasteiger partial charge is 0.0664 e. The molecule has 0 amide bonds. The van der Waals surface area contributed by atoms with Gasteiger partial charge in [0.25, 0.3) is 0 Å². The van der Waals surface area contributed by atoms with Crippen molar-refractivity contribution >= 4 is 26.8 Å². The van der Waals surface area contributed by atoms with Crippen molar-refractivity contribution in [1.29, 1.82) is 0 Å². The van der Waals surface area contributed by atoms with Gasteiger partial charge in [0.2, 0.25) is 0 Å². The first-order valence-corrected chi connectivity index (χ1v) is 6.61. The summed E-state index contributed by atoms with van der Waals surface area (Å²) in [6.07, 6.45) is 5.51. The van der Waals surface area contributed by atoms with E-state index in [2.05, 4.69) is 63.8 Å². The zero-order valence-corrected chi connectivity index (χ0v) is 12.4. The van der Waals surface area contributed by atoms with Crippen LogP contribution in [0.4, 0.5) is 0 Å².